The summed E-state index contributed by atoms with van der Waals surface area (Å²) >= 11 is 0. The average Bonchev–Trinajstić information content (AvgIpc) is 3.02. The molecule has 140 valence electrons. The van der Waals surface area contributed by atoms with E-state index in [1.165, 1.54) is 4.31 Å². The summed E-state index contributed by atoms with van der Waals surface area (Å²) in [6, 6.07) is 0. The highest BCUT2D eigenvalue weighted by molar-refractivity contribution is 7.89. The van der Waals surface area contributed by atoms with Gasteiger partial charge in [0.1, 0.15) is 0 Å². The molecule has 0 aliphatic carbocycles. The molecular weight excluding hydrogens is 341 g/mol. The van der Waals surface area contributed by atoms with Gasteiger partial charge in [0.25, 0.3) is 0 Å². The number of hydrogen-bond acceptors (Lipinski definition) is 5. The minimum atomic E-state index is -3.15. The van der Waals surface area contributed by atoms with E-state index in [1.54, 1.807) is 13.1 Å². The molecule has 0 bridgehead atoms. The minimum absolute atomic E-state index is 0.130. The molecule has 7 nitrogen and oxygen atoms in total. The molecule has 2 fully saturated rings. The Morgan fingerprint density at radius 1 is 1.16 bits per heavy atom. The third kappa shape index (κ3) is 2.95. The standard InChI is InChI=1S/C16H28BN3O4S/c1-7-16(11-19(12-16)25(21,22)8-2)20-10-13(9-18-20)17-23-14(3,4)15(5,6)24-17/h9-10H,7-8,11-12H2,1-6H3. The predicted octanol–water partition coefficient (Wildman–Crippen LogP) is 0.953. The van der Waals surface area contributed by atoms with E-state index in [4.69, 9.17) is 9.31 Å². The van der Waals surface area contributed by atoms with E-state index < -0.39 is 28.3 Å². The highest BCUT2D eigenvalue weighted by atomic mass is 32.2. The zero-order chi connectivity index (χ0) is 18.7. The first kappa shape index (κ1) is 18.9. The summed E-state index contributed by atoms with van der Waals surface area (Å²) in [7, 11) is -3.60. The zero-order valence-electron chi connectivity index (χ0n) is 15.9. The van der Waals surface area contributed by atoms with Gasteiger partial charge in [-0.05, 0) is 41.0 Å². The summed E-state index contributed by atoms with van der Waals surface area (Å²) in [5, 5.41) is 4.50. The molecule has 0 unspecified atom stereocenters. The van der Waals surface area contributed by atoms with Crippen LogP contribution in [0.3, 0.4) is 0 Å². The summed E-state index contributed by atoms with van der Waals surface area (Å²) in [5.41, 5.74) is -0.220. The fourth-order valence-electron chi connectivity index (χ4n) is 3.22. The van der Waals surface area contributed by atoms with Crippen LogP contribution in [-0.4, -0.2) is 59.7 Å². The molecular formula is C16H28BN3O4S. The number of aromatic nitrogens is 2. The second kappa shape index (κ2) is 5.80. The van der Waals surface area contributed by atoms with E-state index in [2.05, 4.69) is 12.0 Å². The average molecular weight is 369 g/mol. The monoisotopic (exact) mass is 369 g/mol. The first-order valence-corrected chi connectivity index (χ1v) is 10.5. The van der Waals surface area contributed by atoms with Gasteiger partial charge >= 0.3 is 7.12 Å². The Bertz CT molecular complexity index is 737. The van der Waals surface area contributed by atoms with Gasteiger partial charge < -0.3 is 9.31 Å². The smallest absolute Gasteiger partial charge is 0.399 e. The molecule has 25 heavy (non-hydrogen) atoms. The van der Waals surface area contributed by atoms with Gasteiger partial charge in [0, 0.05) is 30.9 Å². The molecule has 0 aromatic carbocycles. The van der Waals surface area contributed by atoms with Crippen molar-refractivity contribution in [2.45, 2.75) is 64.7 Å². The number of nitrogens with zero attached hydrogens (tertiary/aromatic N) is 3. The Morgan fingerprint density at radius 3 is 2.20 bits per heavy atom. The van der Waals surface area contributed by atoms with E-state index in [0.29, 0.717) is 13.1 Å². The van der Waals surface area contributed by atoms with Crippen molar-refractivity contribution in [3.63, 3.8) is 0 Å². The topological polar surface area (TPSA) is 73.7 Å². The van der Waals surface area contributed by atoms with Crippen LogP contribution in [0.2, 0.25) is 0 Å². The fraction of sp³-hybridized carbons (Fsp3) is 0.812. The molecule has 2 aliphatic heterocycles. The molecule has 0 N–H and O–H groups in total. The Morgan fingerprint density at radius 2 is 1.72 bits per heavy atom. The van der Waals surface area contributed by atoms with Crippen LogP contribution < -0.4 is 5.46 Å². The molecule has 0 atom stereocenters. The van der Waals surface area contributed by atoms with Crippen LogP contribution >= 0.6 is 0 Å². The van der Waals surface area contributed by atoms with Crippen molar-refractivity contribution in [3.05, 3.63) is 12.4 Å². The van der Waals surface area contributed by atoms with Crippen molar-refractivity contribution in [1.29, 1.82) is 0 Å². The van der Waals surface area contributed by atoms with E-state index in [-0.39, 0.29) is 11.3 Å². The number of rotatable bonds is 5. The molecule has 1 aromatic heterocycles. The summed E-state index contributed by atoms with van der Waals surface area (Å²) in [6.45, 7) is 12.7. The lowest BCUT2D eigenvalue weighted by Crippen LogP contribution is -2.64. The van der Waals surface area contributed by atoms with Crippen molar-refractivity contribution in [3.8, 4) is 0 Å². The van der Waals surface area contributed by atoms with Crippen LogP contribution in [-0.2, 0) is 24.9 Å². The Hall–Kier alpha value is -0.895. The molecule has 2 saturated heterocycles. The van der Waals surface area contributed by atoms with Crippen LogP contribution in [0.1, 0.15) is 48.0 Å². The molecule has 0 amide bonds. The van der Waals surface area contributed by atoms with Gasteiger partial charge in [-0.2, -0.15) is 9.40 Å². The molecule has 1 aromatic rings. The SMILES string of the molecule is CCC1(n2cc(B3OC(C)(C)C(C)(C)O3)cn2)CN(S(=O)(=O)CC)C1. The summed E-state index contributed by atoms with van der Waals surface area (Å²) in [6.07, 6.45) is 4.51. The fourth-order valence-corrected chi connectivity index (χ4v) is 4.46. The van der Waals surface area contributed by atoms with Gasteiger partial charge in [-0.15, -0.1) is 0 Å². The van der Waals surface area contributed by atoms with Crippen molar-refractivity contribution in [1.82, 2.24) is 14.1 Å². The van der Waals surface area contributed by atoms with Gasteiger partial charge in [-0.1, -0.05) is 6.92 Å². The van der Waals surface area contributed by atoms with E-state index in [9.17, 15) is 8.42 Å². The van der Waals surface area contributed by atoms with Crippen LogP contribution in [0.15, 0.2) is 12.4 Å². The van der Waals surface area contributed by atoms with Crippen molar-refractivity contribution >= 4 is 22.6 Å². The summed E-state index contributed by atoms with van der Waals surface area (Å²) < 4.78 is 39.6. The normalized spacial score (nSPS) is 25.1. The lowest BCUT2D eigenvalue weighted by molar-refractivity contribution is 0.00578. The second-order valence-corrected chi connectivity index (χ2v) is 10.3. The van der Waals surface area contributed by atoms with Crippen LogP contribution in [0.25, 0.3) is 0 Å². The summed E-state index contributed by atoms with van der Waals surface area (Å²) in [5.74, 6) is 0.130. The van der Waals surface area contributed by atoms with Crippen LogP contribution in [0.4, 0.5) is 0 Å². The lowest BCUT2D eigenvalue weighted by atomic mass is 9.81. The zero-order valence-corrected chi connectivity index (χ0v) is 16.8. The highest BCUT2D eigenvalue weighted by Gasteiger charge is 2.53. The molecule has 2 aliphatic rings. The van der Waals surface area contributed by atoms with Gasteiger partial charge in [-0.25, -0.2) is 8.42 Å². The maximum absolute atomic E-state index is 12.0. The molecule has 0 spiro atoms. The molecule has 0 radical (unpaired) electrons. The third-order valence-corrected chi connectivity index (χ3v) is 7.75. The minimum Gasteiger partial charge on any atom is -0.399 e. The van der Waals surface area contributed by atoms with Crippen LogP contribution in [0, 0.1) is 0 Å². The molecule has 3 rings (SSSR count). The second-order valence-electron chi connectivity index (χ2n) is 8.05. The first-order valence-electron chi connectivity index (χ1n) is 8.85. The maximum Gasteiger partial charge on any atom is 0.498 e. The van der Waals surface area contributed by atoms with Crippen molar-refractivity contribution < 1.29 is 17.7 Å². The Kier molecular flexibility index (Phi) is 4.38. The lowest BCUT2D eigenvalue weighted by Gasteiger charge is -2.48. The Balaban J connectivity index is 1.78. The van der Waals surface area contributed by atoms with Gasteiger partial charge in [0.2, 0.25) is 10.0 Å². The van der Waals surface area contributed by atoms with E-state index in [1.807, 2.05) is 38.6 Å². The summed E-state index contributed by atoms with van der Waals surface area (Å²) in [4.78, 5) is 0. The van der Waals surface area contributed by atoms with E-state index >= 15 is 0 Å². The Labute approximate surface area is 150 Å². The van der Waals surface area contributed by atoms with Crippen LogP contribution in [0.5, 0.6) is 0 Å². The maximum atomic E-state index is 12.0. The molecule has 0 saturated carbocycles. The first-order chi connectivity index (χ1) is 11.5. The highest BCUT2D eigenvalue weighted by Crippen LogP contribution is 2.37. The van der Waals surface area contributed by atoms with Crippen molar-refractivity contribution in [2.24, 2.45) is 0 Å². The number of sulfonamides is 1. The molecule has 9 heteroatoms. The van der Waals surface area contributed by atoms with E-state index in [0.717, 1.165) is 11.9 Å². The van der Waals surface area contributed by atoms with Gasteiger partial charge in [0.15, 0.2) is 0 Å². The van der Waals surface area contributed by atoms with Gasteiger partial charge in [-0.3, -0.25) is 4.68 Å². The largest absolute Gasteiger partial charge is 0.498 e. The number of hydrogen-bond donors (Lipinski definition) is 0. The van der Waals surface area contributed by atoms with Gasteiger partial charge in [0.05, 0.1) is 22.5 Å². The van der Waals surface area contributed by atoms with Crippen molar-refractivity contribution in [2.75, 3.05) is 18.8 Å². The predicted molar refractivity (Wildman–Crippen MR) is 97.2 cm³/mol. The molecule has 3 heterocycles. The third-order valence-electron chi connectivity index (χ3n) is 5.97. The quantitative estimate of drug-likeness (QED) is 0.723.